The van der Waals surface area contributed by atoms with Gasteiger partial charge in [0.15, 0.2) is 0 Å². The molecule has 2 fully saturated rings. The van der Waals surface area contributed by atoms with Crippen LogP contribution in [0.25, 0.3) is 0 Å². The average Bonchev–Trinajstić information content (AvgIpc) is 2.33. The Hall–Kier alpha value is -0.610. The summed E-state index contributed by atoms with van der Waals surface area (Å²) < 4.78 is 0. The van der Waals surface area contributed by atoms with Gasteiger partial charge in [-0.2, -0.15) is 0 Å². The first-order valence-corrected chi connectivity index (χ1v) is 7.22. The molecule has 1 saturated carbocycles. The number of piperidine rings is 1. The molecule has 4 heteroatoms. The van der Waals surface area contributed by atoms with Crippen molar-refractivity contribution < 1.29 is 4.79 Å². The summed E-state index contributed by atoms with van der Waals surface area (Å²) in [6, 6.07) is 0. The van der Waals surface area contributed by atoms with Crippen molar-refractivity contribution >= 4 is 5.91 Å². The number of likely N-dealkylation sites (tertiary alicyclic amines) is 1. The van der Waals surface area contributed by atoms with Crippen LogP contribution in [-0.2, 0) is 4.79 Å². The predicted molar refractivity (Wildman–Crippen MR) is 73.1 cm³/mol. The van der Waals surface area contributed by atoms with Crippen LogP contribution in [0.3, 0.4) is 0 Å². The number of hydrogen-bond donors (Lipinski definition) is 2. The molecule has 18 heavy (non-hydrogen) atoms. The summed E-state index contributed by atoms with van der Waals surface area (Å²) >= 11 is 0. The Labute approximate surface area is 110 Å². The van der Waals surface area contributed by atoms with E-state index in [-0.39, 0.29) is 11.3 Å². The van der Waals surface area contributed by atoms with Crippen molar-refractivity contribution in [2.75, 3.05) is 33.2 Å². The maximum atomic E-state index is 12.2. The molecule has 3 N–H and O–H groups in total. The number of nitrogens with zero attached hydrogens (tertiary/aromatic N) is 1. The molecule has 4 nitrogen and oxygen atoms in total. The van der Waals surface area contributed by atoms with Crippen LogP contribution < -0.4 is 11.1 Å². The minimum atomic E-state index is -0.245. The standard InChI is InChI=1S/C14H27N3O/c1-11-7-14(8-11,10-15)13(18)16-9-12-3-5-17(2)6-4-12/h11-12H,3-10,15H2,1-2H3,(H,16,18). The Bertz CT molecular complexity index is 291. The molecule has 2 rings (SSSR count). The molecule has 1 amide bonds. The fraction of sp³-hybridized carbons (Fsp3) is 0.929. The lowest BCUT2D eigenvalue weighted by Gasteiger charge is -2.44. The number of hydrogen-bond acceptors (Lipinski definition) is 3. The van der Waals surface area contributed by atoms with E-state index in [1.807, 2.05) is 0 Å². The third-order valence-corrected chi connectivity index (χ3v) is 4.74. The van der Waals surface area contributed by atoms with Gasteiger partial charge < -0.3 is 16.0 Å². The van der Waals surface area contributed by atoms with Crippen LogP contribution in [-0.4, -0.2) is 44.0 Å². The van der Waals surface area contributed by atoms with Gasteiger partial charge in [-0.15, -0.1) is 0 Å². The minimum absolute atomic E-state index is 0.196. The van der Waals surface area contributed by atoms with E-state index in [1.165, 1.54) is 12.8 Å². The van der Waals surface area contributed by atoms with E-state index >= 15 is 0 Å². The minimum Gasteiger partial charge on any atom is -0.355 e. The third kappa shape index (κ3) is 2.86. The van der Waals surface area contributed by atoms with Crippen molar-refractivity contribution in [2.45, 2.75) is 32.6 Å². The fourth-order valence-electron chi connectivity index (χ4n) is 3.41. The highest BCUT2D eigenvalue weighted by Crippen LogP contribution is 2.44. The second-order valence-corrected chi connectivity index (χ2v) is 6.45. The van der Waals surface area contributed by atoms with Crippen molar-refractivity contribution in [3.63, 3.8) is 0 Å². The number of carbonyl (C=O) groups excluding carboxylic acids is 1. The number of amides is 1. The zero-order chi connectivity index (χ0) is 13.2. The van der Waals surface area contributed by atoms with Crippen molar-refractivity contribution in [1.29, 1.82) is 0 Å². The van der Waals surface area contributed by atoms with Crippen LogP contribution in [0.5, 0.6) is 0 Å². The second-order valence-electron chi connectivity index (χ2n) is 6.45. The molecule has 0 aromatic carbocycles. The maximum absolute atomic E-state index is 12.2. The van der Waals surface area contributed by atoms with E-state index in [9.17, 15) is 4.79 Å². The topological polar surface area (TPSA) is 58.4 Å². The number of nitrogens with one attached hydrogen (secondary N) is 1. The third-order valence-electron chi connectivity index (χ3n) is 4.74. The summed E-state index contributed by atoms with van der Waals surface area (Å²) in [5.74, 6) is 1.50. The molecule has 104 valence electrons. The molecule has 0 bridgehead atoms. The van der Waals surface area contributed by atoms with E-state index in [0.29, 0.717) is 18.4 Å². The van der Waals surface area contributed by atoms with E-state index < -0.39 is 0 Å². The Kier molecular flexibility index (Phi) is 4.28. The van der Waals surface area contributed by atoms with Crippen LogP contribution in [0.15, 0.2) is 0 Å². The molecule has 1 heterocycles. The molecule has 0 radical (unpaired) electrons. The van der Waals surface area contributed by atoms with Crippen LogP contribution in [0.1, 0.15) is 32.6 Å². The Morgan fingerprint density at radius 1 is 1.39 bits per heavy atom. The summed E-state index contributed by atoms with van der Waals surface area (Å²) in [6.45, 7) is 5.83. The fourth-order valence-corrected chi connectivity index (χ4v) is 3.41. The number of rotatable bonds is 4. The van der Waals surface area contributed by atoms with Crippen LogP contribution in [0, 0.1) is 17.3 Å². The molecule has 0 aromatic heterocycles. The summed E-state index contributed by atoms with van der Waals surface area (Å²) in [4.78, 5) is 14.6. The summed E-state index contributed by atoms with van der Waals surface area (Å²) in [6.07, 6.45) is 4.32. The number of nitrogens with two attached hydrogens (primary N) is 1. The van der Waals surface area contributed by atoms with Gasteiger partial charge in [0.25, 0.3) is 0 Å². The largest absolute Gasteiger partial charge is 0.355 e. The Morgan fingerprint density at radius 2 is 2.00 bits per heavy atom. The van der Waals surface area contributed by atoms with Crippen molar-refractivity contribution in [2.24, 2.45) is 23.0 Å². The SMILES string of the molecule is CC1CC(CN)(C(=O)NCC2CCN(C)CC2)C1. The van der Waals surface area contributed by atoms with E-state index in [0.717, 1.165) is 32.5 Å². The van der Waals surface area contributed by atoms with Gasteiger partial charge in [0.1, 0.15) is 0 Å². The van der Waals surface area contributed by atoms with Crippen LogP contribution >= 0.6 is 0 Å². The van der Waals surface area contributed by atoms with Gasteiger partial charge in [0, 0.05) is 13.1 Å². The molecule has 1 saturated heterocycles. The lowest BCUT2D eigenvalue weighted by atomic mass is 9.62. The molecule has 1 aliphatic heterocycles. The molecule has 1 aliphatic carbocycles. The first-order valence-electron chi connectivity index (χ1n) is 7.22. The lowest BCUT2D eigenvalue weighted by molar-refractivity contribution is -0.138. The number of carbonyl (C=O) groups is 1. The van der Waals surface area contributed by atoms with E-state index in [2.05, 4.69) is 24.2 Å². The average molecular weight is 253 g/mol. The van der Waals surface area contributed by atoms with Crippen LogP contribution in [0.2, 0.25) is 0 Å². The molecule has 0 spiro atoms. The molecule has 0 aromatic rings. The first-order chi connectivity index (χ1) is 8.55. The van der Waals surface area contributed by atoms with Gasteiger partial charge in [-0.3, -0.25) is 4.79 Å². The van der Waals surface area contributed by atoms with E-state index in [4.69, 9.17) is 5.73 Å². The quantitative estimate of drug-likeness (QED) is 0.780. The molecule has 0 unspecified atom stereocenters. The van der Waals surface area contributed by atoms with Gasteiger partial charge in [-0.25, -0.2) is 0 Å². The van der Waals surface area contributed by atoms with Crippen molar-refractivity contribution in [3.8, 4) is 0 Å². The maximum Gasteiger partial charge on any atom is 0.227 e. The monoisotopic (exact) mass is 253 g/mol. The summed E-state index contributed by atoms with van der Waals surface area (Å²) in [5.41, 5.74) is 5.55. The Balaban J connectivity index is 1.74. The van der Waals surface area contributed by atoms with E-state index in [1.54, 1.807) is 0 Å². The molecule has 2 aliphatic rings. The molecular formula is C14H27N3O. The van der Waals surface area contributed by atoms with Gasteiger partial charge in [0.2, 0.25) is 5.91 Å². The highest BCUT2D eigenvalue weighted by Gasteiger charge is 2.47. The predicted octanol–water partition coefficient (Wildman–Crippen LogP) is 0.819. The van der Waals surface area contributed by atoms with Gasteiger partial charge >= 0.3 is 0 Å². The van der Waals surface area contributed by atoms with Gasteiger partial charge in [0.05, 0.1) is 5.41 Å². The smallest absolute Gasteiger partial charge is 0.227 e. The van der Waals surface area contributed by atoms with Gasteiger partial charge in [-0.05, 0) is 57.7 Å². The molecule has 0 atom stereocenters. The van der Waals surface area contributed by atoms with Crippen LogP contribution in [0.4, 0.5) is 0 Å². The second kappa shape index (κ2) is 5.57. The zero-order valence-electron chi connectivity index (χ0n) is 11.7. The normalized spacial score (nSPS) is 34.1. The summed E-state index contributed by atoms with van der Waals surface area (Å²) in [7, 11) is 2.16. The lowest BCUT2D eigenvalue weighted by Crippen LogP contribution is -2.54. The van der Waals surface area contributed by atoms with Gasteiger partial charge in [-0.1, -0.05) is 6.92 Å². The zero-order valence-corrected chi connectivity index (χ0v) is 11.7. The summed E-state index contributed by atoms with van der Waals surface area (Å²) in [5, 5.41) is 3.14. The van der Waals surface area contributed by atoms with Crippen molar-refractivity contribution in [3.05, 3.63) is 0 Å². The molecular weight excluding hydrogens is 226 g/mol. The Morgan fingerprint density at radius 3 is 2.50 bits per heavy atom. The highest BCUT2D eigenvalue weighted by molar-refractivity contribution is 5.83. The highest BCUT2D eigenvalue weighted by atomic mass is 16.2. The first kappa shape index (κ1) is 13.8. The van der Waals surface area contributed by atoms with Crippen molar-refractivity contribution in [1.82, 2.24) is 10.2 Å².